The molecule has 1 aromatic heterocycles. The molecule has 16 heavy (non-hydrogen) atoms. The molecule has 0 spiro atoms. The zero-order valence-corrected chi connectivity index (χ0v) is 9.61. The molecule has 0 bridgehead atoms. The summed E-state index contributed by atoms with van der Waals surface area (Å²) >= 11 is 0. The third kappa shape index (κ3) is 2.15. The minimum atomic E-state index is 0.0272. The number of nitrogens with zero attached hydrogens (tertiary/aromatic N) is 2. The zero-order valence-electron chi connectivity index (χ0n) is 9.61. The molecule has 1 saturated heterocycles. The summed E-state index contributed by atoms with van der Waals surface area (Å²) in [6, 6.07) is 3.82. The van der Waals surface area contributed by atoms with Gasteiger partial charge in [-0.25, -0.2) is 0 Å². The summed E-state index contributed by atoms with van der Waals surface area (Å²) < 4.78 is 0. The van der Waals surface area contributed by atoms with E-state index in [0.29, 0.717) is 5.69 Å². The standard InChI is InChI=1S/C12H18N4/c1-2-9-5-6-16(8-9)10-3-4-11(12(13)14)15-7-10/h3-4,7,9H,2,5-6,8H2,1H3,(H3,13,14). The minimum Gasteiger partial charge on any atom is -0.382 e. The molecule has 2 rings (SSSR count). The van der Waals surface area contributed by atoms with Crippen LogP contribution in [0.1, 0.15) is 25.5 Å². The monoisotopic (exact) mass is 218 g/mol. The van der Waals surface area contributed by atoms with Crippen molar-refractivity contribution in [2.45, 2.75) is 19.8 Å². The molecule has 86 valence electrons. The molecular weight excluding hydrogens is 200 g/mol. The molecule has 4 nitrogen and oxygen atoms in total. The SMILES string of the molecule is CCC1CCN(c2ccc(C(=N)N)nc2)C1. The number of nitrogens with one attached hydrogen (secondary N) is 1. The van der Waals surface area contributed by atoms with Crippen molar-refractivity contribution >= 4 is 11.5 Å². The maximum atomic E-state index is 7.28. The van der Waals surface area contributed by atoms with Crippen LogP contribution in [0.25, 0.3) is 0 Å². The van der Waals surface area contributed by atoms with Crippen LogP contribution in [0.5, 0.6) is 0 Å². The zero-order chi connectivity index (χ0) is 11.5. The number of aromatic nitrogens is 1. The van der Waals surface area contributed by atoms with Gasteiger partial charge in [0.2, 0.25) is 0 Å². The lowest BCUT2D eigenvalue weighted by Gasteiger charge is -2.18. The molecule has 1 aliphatic rings. The number of hydrogen-bond donors (Lipinski definition) is 2. The Morgan fingerprint density at radius 3 is 2.94 bits per heavy atom. The van der Waals surface area contributed by atoms with E-state index in [0.717, 1.165) is 24.7 Å². The van der Waals surface area contributed by atoms with Crippen molar-refractivity contribution < 1.29 is 0 Å². The first-order valence-electron chi connectivity index (χ1n) is 5.76. The summed E-state index contributed by atoms with van der Waals surface area (Å²) in [6.07, 6.45) is 4.33. The van der Waals surface area contributed by atoms with Crippen LogP contribution in [0, 0.1) is 11.3 Å². The Bertz CT molecular complexity index is 371. The quantitative estimate of drug-likeness (QED) is 0.598. The maximum Gasteiger partial charge on any atom is 0.141 e. The van der Waals surface area contributed by atoms with Crippen LogP contribution in [0.15, 0.2) is 18.3 Å². The van der Waals surface area contributed by atoms with Gasteiger partial charge in [0.1, 0.15) is 11.5 Å². The van der Waals surface area contributed by atoms with Gasteiger partial charge in [0.15, 0.2) is 0 Å². The van der Waals surface area contributed by atoms with E-state index < -0.39 is 0 Å². The van der Waals surface area contributed by atoms with Crippen molar-refractivity contribution in [3.8, 4) is 0 Å². The summed E-state index contributed by atoms with van der Waals surface area (Å²) in [4.78, 5) is 6.53. The molecule has 0 saturated carbocycles. The van der Waals surface area contributed by atoms with E-state index in [4.69, 9.17) is 11.1 Å². The van der Waals surface area contributed by atoms with Gasteiger partial charge in [0, 0.05) is 13.1 Å². The Kier molecular flexibility index (Phi) is 3.08. The van der Waals surface area contributed by atoms with Crippen LogP contribution < -0.4 is 10.6 Å². The van der Waals surface area contributed by atoms with Gasteiger partial charge in [-0.05, 0) is 24.5 Å². The second-order valence-corrected chi connectivity index (χ2v) is 4.32. The van der Waals surface area contributed by atoms with E-state index >= 15 is 0 Å². The smallest absolute Gasteiger partial charge is 0.141 e. The third-order valence-electron chi connectivity index (χ3n) is 3.25. The fourth-order valence-electron chi connectivity index (χ4n) is 2.13. The van der Waals surface area contributed by atoms with Crippen molar-refractivity contribution in [2.24, 2.45) is 11.7 Å². The number of rotatable bonds is 3. The van der Waals surface area contributed by atoms with Gasteiger partial charge in [-0.2, -0.15) is 0 Å². The molecule has 1 unspecified atom stereocenters. The van der Waals surface area contributed by atoms with E-state index in [9.17, 15) is 0 Å². The van der Waals surface area contributed by atoms with Crippen LogP contribution in [-0.2, 0) is 0 Å². The molecular formula is C12H18N4. The molecule has 0 radical (unpaired) electrons. The van der Waals surface area contributed by atoms with Gasteiger partial charge in [-0.3, -0.25) is 10.4 Å². The van der Waals surface area contributed by atoms with E-state index in [1.807, 2.05) is 18.3 Å². The van der Waals surface area contributed by atoms with E-state index in [1.54, 1.807) is 0 Å². The Labute approximate surface area is 96.0 Å². The van der Waals surface area contributed by atoms with Gasteiger partial charge in [-0.15, -0.1) is 0 Å². The normalized spacial score (nSPS) is 20.1. The Balaban J connectivity index is 2.08. The third-order valence-corrected chi connectivity index (χ3v) is 3.25. The molecule has 4 heteroatoms. The van der Waals surface area contributed by atoms with Crippen LogP contribution in [0.3, 0.4) is 0 Å². The number of nitrogens with two attached hydrogens (primary N) is 1. The van der Waals surface area contributed by atoms with Crippen LogP contribution in [-0.4, -0.2) is 23.9 Å². The van der Waals surface area contributed by atoms with E-state index in [1.165, 1.54) is 12.8 Å². The first-order valence-corrected chi connectivity index (χ1v) is 5.76. The van der Waals surface area contributed by atoms with Crippen LogP contribution >= 0.6 is 0 Å². The van der Waals surface area contributed by atoms with Crippen LogP contribution in [0.4, 0.5) is 5.69 Å². The van der Waals surface area contributed by atoms with Gasteiger partial charge in [-0.1, -0.05) is 13.3 Å². The molecule has 3 N–H and O–H groups in total. The average molecular weight is 218 g/mol. The van der Waals surface area contributed by atoms with Gasteiger partial charge in [0.25, 0.3) is 0 Å². The molecule has 0 aliphatic carbocycles. The summed E-state index contributed by atoms with van der Waals surface area (Å²) in [5, 5.41) is 7.28. The molecule has 1 aromatic rings. The van der Waals surface area contributed by atoms with Gasteiger partial charge < -0.3 is 10.6 Å². The van der Waals surface area contributed by atoms with E-state index in [-0.39, 0.29) is 5.84 Å². The summed E-state index contributed by atoms with van der Waals surface area (Å²) in [6.45, 7) is 4.47. The molecule has 0 aromatic carbocycles. The predicted octanol–water partition coefficient (Wildman–Crippen LogP) is 1.60. The highest BCUT2D eigenvalue weighted by molar-refractivity contribution is 5.93. The lowest BCUT2D eigenvalue weighted by molar-refractivity contribution is 0.569. The highest BCUT2D eigenvalue weighted by atomic mass is 15.2. The second-order valence-electron chi connectivity index (χ2n) is 4.32. The van der Waals surface area contributed by atoms with Crippen LogP contribution in [0.2, 0.25) is 0 Å². The van der Waals surface area contributed by atoms with Crippen molar-refractivity contribution in [1.82, 2.24) is 4.98 Å². The Hall–Kier alpha value is -1.58. The number of amidine groups is 1. The Morgan fingerprint density at radius 2 is 2.44 bits per heavy atom. The maximum absolute atomic E-state index is 7.28. The largest absolute Gasteiger partial charge is 0.382 e. The first kappa shape index (κ1) is 10.9. The number of nitrogen functional groups attached to an aromatic ring is 1. The summed E-state index contributed by atoms with van der Waals surface area (Å²) in [5.41, 5.74) is 7.06. The molecule has 2 heterocycles. The fraction of sp³-hybridized carbons (Fsp3) is 0.500. The first-order chi connectivity index (χ1) is 7.70. The van der Waals surface area contributed by atoms with Crippen molar-refractivity contribution in [3.05, 3.63) is 24.0 Å². The number of anilines is 1. The summed E-state index contributed by atoms with van der Waals surface area (Å²) in [5.74, 6) is 0.840. The average Bonchev–Trinajstić information content (AvgIpc) is 2.77. The Morgan fingerprint density at radius 1 is 1.62 bits per heavy atom. The van der Waals surface area contributed by atoms with Crippen molar-refractivity contribution in [2.75, 3.05) is 18.0 Å². The molecule has 0 amide bonds. The lowest BCUT2D eigenvalue weighted by Crippen LogP contribution is -2.20. The molecule has 1 aliphatic heterocycles. The topological polar surface area (TPSA) is 66.0 Å². The highest BCUT2D eigenvalue weighted by Crippen LogP contribution is 2.24. The predicted molar refractivity (Wildman–Crippen MR) is 65.9 cm³/mol. The number of hydrogen-bond acceptors (Lipinski definition) is 3. The highest BCUT2D eigenvalue weighted by Gasteiger charge is 2.21. The van der Waals surface area contributed by atoms with Gasteiger partial charge in [0.05, 0.1) is 11.9 Å². The summed E-state index contributed by atoms with van der Waals surface area (Å²) in [7, 11) is 0. The number of pyridine rings is 1. The minimum absolute atomic E-state index is 0.0272. The molecule has 1 atom stereocenters. The van der Waals surface area contributed by atoms with Crippen molar-refractivity contribution in [3.63, 3.8) is 0 Å². The second kappa shape index (κ2) is 4.51. The lowest BCUT2D eigenvalue weighted by atomic mass is 10.1. The van der Waals surface area contributed by atoms with Crippen molar-refractivity contribution in [1.29, 1.82) is 5.41 Å². The fourth-order valence-corrected chi connectivity index (χ4v) is 2.13. The van der Waals surface area contributed by atoms with Gasteiger partial charge >= 0.3 is 0 Å². The van der Waals surface area contributed by atoms with E-state index in [2.05, 4.69) is 16.8 Å². The molecule has 1 fully saturated rings.